The van der Waals surface area contributed by atoms with Crippen LogP contribution in [0.1, 0.15) is 11.1 Å². The number of anilines is 2. The van der Waals surface area contributed by atoms with Crippen molar-refractivity contribution >= 4 is 42.4 Å². The maximum Gasteiger partial charge on any atom is 0.264 e. The third-order valence-corrected chi connectivity index (χ3v) is 10.1. The van der Waals surface area contributed by atoms with E-state index in [-0.39, 0.29) is 11.4 Å². The van der Waals surface area contributed by atoms with Crippen molar-refractivity contribution < 1.29 is 21.3 Å². The molecule has 1 saturated heterocycles. The molecule has 38 heavy (non-hydrogen) atoms. The van der Waals surface area contributed by atoms with Gasteiger partial charge in [-0.1, -0.05) is 30.3 Å². The highest BCUT2D eigenvalue weighted by molar-refractivity contribution is 7.92. The zero-order chi connectivity index (χ0) is 26.9. The standard InChI is InChI=1S/C28H31N3O5S2/c1-22-21-36-28-13-12-26(20-27(22)28)38(34,35)31(15-14-23-6-4-3-5-7-23)25-10-8-24(9-11-25)29-16-18-30(19-17-29)37(2,32)33/h3-13,20-21H,14-19H2,1-2H3. The first-order valence-corrected chi connectivity index (χ1v) is 15.8. The number of aryl methyl sites for hydroxylation is 1. The molecular weight excluding hydrogens is 522 g/mol. The molecule has 5 rings (SSSR count). The lowest BCUT2D eigenvalue weighted by Gasteiger charge is -2.35. The second kappa shape index (κ2) is 10.4. The molecule has 0 radical (unpaired) electrons. The lowest BCUT2D eigenvalue weighted by Crippen LogP contribution is -2.48. The van der Waals surface area contributed by atoms with E-state index >= 15 is 0 Å². The van der Waals surface area contributed by atoms with E-state index in [2.05, 4.69) is 4.90 Å². The van der Waals surface area contributed by atoms with E-state index in [0.29, 0.717) is 43.9 Å². The van der Waals surface area contributed by atoms with Crippen molar-refractivity contribution in [1.29, 1.82) is 0 Å². The second-order valence-corrected chi connectivity index (χ2v) is 13.4. The fraction of sp³-hybridized carbons (Fsp3) is 0.286. The molecular formula is C28H31N3O5S2. The normalized spacial score (nSPS) is 15.2. The van der Waals surface area contributed by atoms with Gasteiger partial charge in [0.1, 0.15) is 5.58 Å². The molecule has 10 heteroatoms. The number of furan rings is 1. The summed E-state index contributed by atoms with van der Waals surface area (Å²) in [5.41, 5.74) is 4.08. The number of hydrogen-bond donors (Lipinski definition) is 0. The van der Waals surface area contributed by atoms with Crippen LogP contribution < -0.4 is 9.21 Å². The van der Waals surface area contributed by atoms with Gasteiger partial charge in [-0.05, 0) is 66.9 Å². The molecule has 8 nitrogen and oxygen atoms in total. The van der Waals surface area contributed by atoms with Gasteiger partial charge in [-0.3, -0.25) is 4.31 Å². The zero-order valence-electron chi connectivity index (χ0n) is 21.4. The molecule has 4 aromatic rings. The van der Waals surface area contributed by atoms with Gasteiger partial charge in [0, 0.05) is 43.8 Å². The molecule has 0 N–H and O–H groups in total. The third kappa shape index (κ3) is 5.43. The molecule has 0 bridgehead atoms. The number of sulfonamides is 2. The number of rotatable bonds is 8. The van der Waals surface area contributed by atoms with Gasteiger partial charge in [0.25, 0.3) is 10.0 Å². The largest absolute Gasteiger partial charge is 0.464 e. The Labute approximate surface area is 224 Å². The maximum atomic E-state index is 14.0. The summed E-state index contributed by atoms with van der Waals surface area (Å²) < 4.78 is 60.1. The summed E-state index contributed by atoms with van der Waals surface area (Å²) in [6, 6.07) is 22.2. The van der Waals surface area contributed by atoms with Crippen molar-refractivity contribution in [1.82, 2.24) is 4.31 Å². The summed E-state index contributed by atoms with van der Waals surface area (Å²) in [6.07, 6.45) is 3.42. The molecule has 0 amide bonds. The van der Waals surface area contributed by atoms with E-state index in [9.17, 15) is 16.8 Å². The molecule has 0 spiro atoms. The van der Waals surface area contributed by atoms with E-state index in [1.165, 1.54) is 14.9 Å². The van der Waals surface area contributed by atoms with Crippen molar-refractivity contribution in [2.75, 3.05) is 48.2 Å². The average molecular weight is 554 g/mol. The molecule has 0 unspecified atom stereocenters. The summed E-state index contributed by atoms with van der Waals surface area (Å²) >= 11 is 0. The predicted molar refractivity (Wildman–Crippen MR) is 151 cm³/mol. The summed E-state index contributed by atoms with van der Waals surface area (Å²) in [7, 11) is -7.07. The topological polar surface area (TPSA) is 91.1 Å². The smallest absolute Gasteiger partial charge is 0.264 e. The van der Waals surface area contributed by atoms with E-state index < -0.39 is 20.0 Å². The van der Waals surface area contributed by atoms with Gasteiger partial charge in [-0.25, -0.2) is 16.8 Å². The number of nitrogens with zero attached hydrogens (tertiary/aromatic N) is 3. The minimum Gasteiger partial charge on any atom is -0.464 e. The Morgan fingerprint density at radius 3 is 2.21 bits per heavy atom. The van der Waals surface area contributed by atoms with Crippen LogP contribution in [0.25, 0.3) is 11.0 Å². The van der Waals surface area contributed by atoms with Crippen LogP contribution in [0.3, 0.4) is 0 Å². The quantitative estimate of drug-likeness (QED) is 0.324. The highest BCUT2D eigenvalue weighted by Crippen LogP contribution is 2.30. The highest BCUT2D eigenvalue weighted by atomic mass is 32.2. The molecule has 0 saturated carbocycles. The summed E-state index contributed by atoms with van der Waals surface area (Å²) in [5, 5.41) is 0.776. The lowest BCUT2D eigenvalue weighted by molar-refractivity contribution is 0.388. The average Bonchev–Trinajstić information content (AvgIpc) is 3.29. The van der Waals surface area contributed by atoms with Crippen molar-refractivity contribution in [3.8, 4) is 0 Å². The second-order valence-electron chi connectivity index (χ2n) is 9.55. The fourth-order valence-corrected chi connectivity index (χ4v) is 7.11. The number of piperazine rings is 1. The fourth-order valence-electron chi connectivity index (χ4n) is 4.79. The highest BCUT2D eigenvalue weighted by Gasteiger charge is 2.27. The first kappa shape index (κ1) is 26.3. The molecule has 2 heterocycles. The summed E-state index contributed by atoms with van der Waals surface area (Å²) in [6.45, 7) is 4.17. The molecule has 3 aromatic carbocycles. The Balaban J connectivity index is 1.43. The van der Waals surface area contributed by atoms with Crippen LogP contribution in [0.5, 0.6) is 0 Å². The van der Waals surface area contributed by atoms with Gasteiger partial charge in [-0.2, -0.15) is 4.31 Å². The number of hydrogen-bond acceptors (Lipinski definition) is 6. The van der Waals surface area contributed by atoms with E-state index in [1.54, 1.807) is 24.5 Å². The van der Waals surface area contributed by atoms with Crippen molar-refractivity contribution in [3.05, 3.63) is 90.2 Å². The molecule has 1 aliphatic heterocycles. The summed E-state index contributed by atoms with van der Waals surface area (Å²) in [4.78, 5) is 2.33. The zero-order valence-corrected chi connectivity index (χ0v) is 23.1. The Kier molecular flexibility index (Phi) is 7.21. The van der Waals surface area contributed by atoms with E-state index in [4.69, 9.17) is 4.42 Å². The van der Waals surface area contributed by atoms with Crippen LogP contribution in [0.15, 0.2) is 88.4 Å². The maximum absolute atomic E-state index is 14.0. The van der Waals surface area contributed by atoms with Gasteiger partial charge in [0.2, 0.25) is 10.0 Å². The first-order valence-electron chi connectivity index (χ1n) is 12.5. The van der Waals surface area contributed by atoms with Crippen LogP contribution in [-0.2, 0) is 26.5 Å². The van der Waals surface area contributed by atoms with Gasteiger partial charge in [0.15, 0.2) is 0 Å². The Hall–Kier alpha value is -3.34. The van der Waals surface area contributed by atoms with Crippen LogP contribution in [0.4, 0.5) is 11.4 Å². The third-order valence-electron chi connectivity index (χ3n) is 6.98. The lowest BCUT2D eigenvalue weighted by atomic mass is 10.1. The van der Waals surface area contributed by atoms with Gasteiger partial charge < -0.3 is 9.32 Å². The van der Waals surface area contributed by atoms with Crippen molar-refractivity contribution in [3.63, 3.8) is 0 Å². The predicted octanol–water partition coefficient (Wildman–Crippen LogP) is 4.26. The molecule has 200 valence electrons. The molecule has 1 aliphatic rings. The number of fused-ring (bicyclic) bond motifs is 1. The van der Waals surface area contributed by atoms with E-state index in [1.807, 2.05) is 61.5 Å². The van der Waals surface area contributed by atoms with Gasteiger partial charge in [-0.15, -0.1) is 0 Å². The minimum atomic E-state index is -3.87. The molecule has 1 aromatic heterocycles. The van der Waals surface area contributed by atoms with E-state index in [0.717, 1.165) is 22.2 Å². The van der Waals surface area contributed by atoms with Crippen LogP contribution >= 0.6 is 0 Å². The Morgan fingerprint density at radius 1 is 0.868 bits per heavy atom. The van der Waals surface area contributed by atoms with Crippen molar-refractivity contribution in [2.24, 2.45) is 0 Å². The molecule has 0 aliphatic carbocycles. The van der Waals surface area contributed by atoms with Crippen LogP contribution in [0.2, 0.25) is 0 Å². The molecule has 0 atom stereocenters. The minimum absolute atomic E-state index is 0.212. The molecule has 1 fully saturated rings. The number of benzene rings is 3. The van der Waals surface area contributed by atoms with Crippen LogP contribution in [0, 0.1) is 6.92 Å². The van der Waals surface area contributed by atoms with Crippen molar-refractivity contribution in [2.45, 2.75) is 18.2 Å². The van der Waals surface area contributed by atoms with Crippen LogP contribution in [-0.4, -0.2) is 60.1 Å². The SMILES string of the molecule is Cc1coc2ccc(S(=O)(=O)N(CCc3ccccc3)c3ccc(N4CCN(S(C)(=O)=O)CC4)cc3)cc12. The Bertz CT molecular complexity index is 1630. The Morgan fingerprint density at radius 2 is 1.55 bits per heavy atom. The summed E-state index contributed by atoms with van der Waals surface area (Å²) in [5.74, 6) is 0. The monoisotopic (exact) mass is 553 g/mol. The van der Waals surface area contributed by atoms with Gasteiger partial charge >= 0.3 is 0 Å². The first-order chi connectivity index (χ1) is 18.1. The van der Waals surface area contributed by atoms with Gasteiger partial charge in [0.05, 0.1) is 23.1 Å².